The van der Waals surface area contributed by atoms with E-state index in [9.17, 15) is 13.2 Å². The predicted octanol–water partition coefficient (Wildman–Crippen LogP) is 9.83. The van der Waals surface area contributed by atoms with Gasteiger partial charge in [-0.3, -0.25) is 4.55 Å². The highest BCUT2D eigenvalue weighted by Crippen LogP contribution is 2.50. The number of rotatable bonds is 4. The van der Waals surface area contributed by atoms with Gasteiger partial charge < -0.3 is 4.74 Å². The van der Waals surface area contributed by atoms with Crippen molar-refractivity contribution in [1.82, 2.24) is 0 Å². The van der Waals surface area contributed by atoms with Crippen LogP contribution in [0.2, 0.25) is 0 Å². The molecule has 0 unspecified atom stereocenters. The van der Waals surface area contributed by atoms with Gasteiger partial charge in [-0.05, 0) is 101 Å². The van der Waals surface area contributed by atoms with E-state index in [2.05, 4.69) is 136 Å². The van der Waals surface area contributed by atoms with Crippen LogP contribution >= 0.6 is 0 Å². The molecule has 1 aliphatic rings. The Morgan fingerprint density at radius 2 is 1.14 bits per heavy atom. The summed E-state index contributed by atoms with van der Waals surface area (Å²) < 4.78 is 63.7. The Bertz CT molecular complexity index is 1880. The van der Waals surface area contributed by atoms with Crippen molar-refractivity contribution in [3.05, 3.63) is 126 Å². The van der Waals surface area contributed by atoms with Crippen LogP contribution in [0.25, 0.3) is 44.5 Å². The van der Waals surface area contributed by atoms with Crippen molar-refractivity contribution in [3.63, 3.8) is 0 Å². The van der Waals surface area contributed by atoms with Gasteiger partial charge in [0.15, 0.2) is 0 Å². The molecular formula is C36H31F3O4S. The first-order valence-corrected chi connectivity index (χ1v) is 15.4. The normalized spacial score (nSPS) is 12.5. The van der Waals surface area contributed by atoms with E-state index < -0.39 is 15.6 Å². The molecule has 1 N–H and O–H groups in total. The number of benzene rings is 5. The molecule has 6 rings (SSSR count). The summed E-state index contributed by atoms with van der Waals surface area (Å²) in [4.78, 5) is 0. The molecule has 4 nitrogen and oxygen atoms in total. The van der Waals surface area contributed by atoms with Gasteiger partial charge in [-0.25, -0.2) is 0 Å². The average Bonchev–Trinajstić information content (AvgIpc) is 3.34. The van der Waals surface area contributed by atoms with Crippen LogP contribution in [0.4, 0.5) is 13.2 Å². The minimum absolute atomic E-state index is 0.229. The van der Waals surface area contributed by atoms with Gasteiger partial charge in [-0.2, -0.15) is 21.6 Å². The van der Waals surface area contributed by atoms with Gasteiger partial charge in [0.05, 0.1) is 0 Å². The Balaban J connectivity index is 0.000000426. The van der Waals surface area contributed by atoms with Gasteiger partial charge in [0, 0.05) is 0 Å². The highest BCUT2D eigenvalue weighted by molar-refractivity contribution is 7.86. The van der Waals surface area contributed by atoms with E-state index in [1.54, 1.807) is 0 Å². The Morgan fingerprint density at radius 1 is 0.636 bits per heavy atom. The zero-order valence-electron chi connectivity index (χ0n) is 24.4. The van der Waals surface area contributed by atoms with Crippen LogP contribution < -0.4 is 4.74 Å². The molecule has 0 heterocycles. The highest BCUT2D eigenvalue weighted by Gasteiger charge is 2.44. The van der Waals surface area contributed by atoms with E-state index in [1.807, 2.05) is 0 Å². The summed E-state index contributed by atoms with van der Waals surface area (Å²) in [6.45, 7) is 6.26. The van der Waals surface area contributed by atoms with Crippen LogP contribution in [-0.2, 0) is 16.5 Å². The van der Waals surface area contributed by atoms with Gasteiger partial charge in [0.2, 0.25) is 0 Å². The van der Waals surface area contributed by atoms with Crippen molar-refractivity contribution in [3.8, 4) is 50.3 Å². The standard InChI is InChI=1S/C35H30O.CHF3O3S/c1-35(2,3)36-28-20-18-26(19-21-28)34-32-22-27-16-10-11-17-29(27)31(32)23-30(24-12-6-4-7-13-24)33(34)25-14-8-5-9-15-25;2-1(3,4)8(5,6)7/h4-21,23H,22H2,1-3H3;(H,5,6,7). The summed E-state index contributed by atoms with van der Waals surface area (Å²) in [5.41, 5.74) is 7.28. The molecule has 0 spiro atoms. The number of fused-ring (bicyclic) bond motifs is 3. The molecule has 8 heteroatoms. The second-order valence-corrected chi connectivity index (χ2v) is 12.8. The largest absolute Gasteiger partial charge is 0.522 e. The topological polar surface area (TPSA) is 63.6 Å². The van der Waals surface area contributed by atoms with E-state index in [0.29, 0.717) is 0 Å². The number of ether oxygens (including phenoxy) is 1. The molecule has 5 aromatic rings. The van der Waals surface area contributed by atoms with E-state index in [-0.39, 0.29) is 5.60 Å². The third-order valence-corrected chi connectivity index (χ3v) is 7.70. The lowest BCUT2D eigenvalue weighted by Crippen LogP contribution is -2.22. The quantitative estimate of drug-likeness (QED) is 0.158. The maximum absolute atomic E-state index is 10.7. The maximum atomic E-state index is 10.7. The van der Waals surface area contributed by atoms with Crippen LogP contribution in [-0.4, -0.2) is 24.1 Å². The minimum Gasteiger partial charge on any atom is -0.488 e. The molecule has 0 radical (unpaired) electrons. The summed E-state index contributed by atoms with van der Waals surface area (Å²) in [6, 6.07) is 41.5. The summed E-state index contributed by atoms with van der Waals surface area (Å²) in [6.07, 6.45) is 0.940. The second kappa shape index (κ2) is 11.9. The number of hydrogen-bond donors (Lipinski definition) is 1. The third-order valence-electron chi connectivity index (χ3n) is 7.12. The van der Waals surface area contributed by atoms with Gasteiger partial charge >= 0.3 is 15.6 Å². The molecule has 0 bridgehead atoms. The van der Waals surface area contributed by atoms with Gasteiger partial charge in [-0.1, -0.05) is 97.1 Å². The molecule has 0 fully saturated rings. The molecule has 0 atom stereocenters. The lowest BCUT2D eigenvalue weighted by Gasteiger charge is -2.23. The van der Waals surface area contributed by atoms with E-state index in [0.717, 1.165) is 12.2 Å². The average molecular weight is 617 g/mol. The highest BCUT2D eigenvalue weighted by atomic mass is 32.2. The summed E-state index contributed by atoms with van der Waals surface area (Å²) in [5.74, 6) is 0.895. The second-order valence-electron chi connectivity index (χ2n) is 11.4. The number of hydrogen-bond acceptors (Lipinski definition) is 3. The van der Waals surface area contributed by atoms with E-state index in [1.165, 1.54) is 55.6 Å². The zero-order valence-corrected chi connectivity index (χ0v) is 25.2. The number of halogens is 3. The lowest BCUT2D eigenvalue weighted by atomic mass is 9.82. The van der Waals surface area contributed by atoms with E-state index >= 15 is 0 Å². The SMILES string of the molecule is CC(C)(C)Oc1ccc(-c2c3c(cc(-c4ccccc4)c2-c2ccccc2)-c2ccccc2C3)cc1.O=S(=O)(O)C(F)(F)F. The first kappa shape index (κ1) is 31.0. The first-order valence-electron chi connectivity index (χ1n) is 13.9. The van der Waals surface area contributed by atoms with Crippen molar-refractivity contribution < 1.29 is 30.9 Å². The molecular weight excluding hydrogens is 585 g/mol. The Hall–Kier alpha value is -4.40. The van der Waals surface area contributed by atoms with Crippen molar-refractivity contribution in [2.75, 3.05) is 0 Å². The monoisotopic (exact) mass is 616 g/mol. The van der Waals surface area contributed by atoms with Crippen LogP contribution in [0.5, 0.6) is 5.75 Å². The van der Waals surface area contributed by atoms with Crippen LogP contribution in [0.3, 0.4) is 0 Å². The fourth-order valence-corrected chi connectivity index (χ4v) is 5.39. The van der Waals surface area contributed by atoms with Crippen LogP contribution in [0, 0.1) is 0 Å². The smallest absolute Gasteiger partial charge is 0.488 e. The molecule has 0 amide bonds. The van der Waals surface area contributed by atoms with Crippen molar-refractivity contribution in [2.45, 2.75) is 38.3 Å². The van der Waals surface area contributed by atoms with Crippen molar-refractivity contribution in [1.29, 1.82) is 0 Å². The summed E-state index contributed by atoms with van der Waals surface area (Å²) in [5, 5.41) is 0. The number of alkyl halides is 3. The zero-order chi connectivity index (χ0) is 31.7. The molecule has 44 heavy (non-hydrogen) atoms. The molecule has 5 aromatic carbocycles. The van der Waals surface area contributed by atoms with Gasteiger partial charge in [0.1, 0.15) is 11.4 Å². The Labute approximate surface area is 255 Å². The fraction of sp³-hybridized carbons (Fsp3) is 0.167. The van der Waals surface area contributed by atoms with Gasteiger partial charge in [-0.15, -0.1) is 0 Å². The summed E-state index contributed by atoms with van der Waals surface area (Å²) >= 11 is 0. The van der Waals surface area contributed by atoms with Crippen LogP contribution in [0.15, 0.2) is 115 Å². The third kappa shape index (κ3) is 6.72. The molecule has 0 saturated carbocycles. The predicted molar refractivity (Wildman–Crippen MR) is 169 cm³/mol. The lowest BCUT2D eigenvalue weighted by molar-refractivity contribution is -0.0510. The van der Waals surface area contributed by atoms with Crippen molar-refractivity contribution >= 4 is 10.1 Å². The molecule has 0 aliphatic heterocycles. The maximum Gasteiger partial charge on any atom is 0.522 e. The van der Waals surface area contributed by atoms with Gasteiger partial charge in [0.25, 0.3) is 0 Å². The van der Waals surface area contributed by atoms with Crippen LogP contribution in [0.1, 0.15) is 31.9 Å². The Morgan fingerprint density at radius 3 is 1.68 bits per heavy atom. The minimum atomic E-state index is -5.84. The molecule has 226 valence electrons. The summed E-state index contributed by atoms with van der Waals surface area (Å²) in [7, 11) is -5.84. The molecule has 0 saturated heterocycles. The molecule has 0 aromatic heterocycles. The first-order chi connectivity index (χ1) is 20.7. The van der Waals surface area contributed by atoms with Crippen molar-refractivity contribution in [2.24, 2.45) is 0 Å². The van der Waals surface area contributed by atoms with E-state index in [4.69, 9.17) is 17.7 Å². The molecule has 1 aliphatic carbocycles. The Kier molecular flexibility index (Phi) is 8.42. The fourth-order valence-electron chi connectivity index (χ4n) is 5.39.